The van der Waals surface area contributed by atoms with Gasteiger partial charge in [0.2, 0.25) is 0 Å². The van der Waals surface area contributed by atoms with E-state index in [1.807, 2.05) is 20.8 Å². The van der Waals surface area contributed by atoms with Gasteiger partial charge in [0.25, 0.3) is 5.66 Å². The van der Waals surface area contributed by atoms with Crippen molar-refractivity contribution in [1.29, 1.82) is 0 Å². The van der Waals surface area contributed by atoms with E-state index in [2.05, 4.69) is 79.7 Å². The third kappa shape index (κ3) is 5.75. The van der Waals surface area contributed by atoms with Gasteiger partial charge < -0.3 is 5.11 Å². The van der Waals surface area contributed by atoms with Crippen molar-refractivity contribution in [3.8, 4) is 0 Å². The zero-order valence-electron chi connectivity index (χ0n) is 21.8. The van der Waals surface area contributed by atoms with Crippen LogP contribution in [0, 0.1) is 28.1 Å². The first-order valence-corrected chi connectivity index (χ1v) is 11.9. The number of carbonyl (C=O) groups is 1. The maximum absolute atomic E-state index is 12.1. The van der Waals surface area contributed by atoms with Gasteiger partial charge >= 0.3 is 5.97 Å². The second-order valence-corrected chi connectivity index (χ2v) is 11.4. The molecule has 1 aliphatic heterocycles. The first kappa shape index (κ1) is 27.3. The Bertz CT molecular complexity index is 717. The van der Waals surface area contributed by atoms with Crippen molar-refractivity contribution < 1.29 is 9.90 Å². The predicted molar refractivity (Wildman–Crippen MR) is 134 cm³/mol. The van der Waals surface area contributed by atoms with Crippen molar-refractivity contribution in [3.05, 3.63) is 24.3 Å². The van der Waals surface area contributed by atoms with E-state index >= 15 is 0 Å². The van der Waals surface area contributed by atoms with Crippen LogP contribution in [0.2, 0.25) is 0 Å². The molecule has 2 rings (SSSR count). The molecule has 31 heavy (non-hydrogen) atoms. The molecule has 1 N–H and O–H groups in total. The predicted octanol–water partition coefficient (Wildman–Crippen LogP) is 7.36. The molecule has 1 unspecified atom stereocenters. The summed E-state index contributed by atoms with van der Waals surface area (Å²) in [6.45, 7) is 22.9. The van der Waals surface area contributed by atoms with Crippen LogP contribution in [0.15, 0.2) is 34.3 Å². The number of hydrogen-bond acceptors (Lipinski definition) is 3. The number of carboxylic acids is 1. The average molecular weight is 431 g/mol. The van der Waals surface area contributed by atoms with E-state index < -0.39 is 17.0 Å². The Balaban J connectivity index is 0.000000442. The molecule has 0 aromatic carbocycles. The van der Waals surface area contributed by atoms with Gasteiger partial charge in [-0.05, 0) is 24.7 Å². The van der Waals surface area contributed by atoms with E-state index in [0.717, 1.165) is 36.1 Å². The standard InChI is InChI=1S/C18H32N2O2.C9H14/c1-10-16(6,7)12-13(17(8,9)11-2)20-18(19-12,14(21)22)15(3,4)5;1-3-8(2)9-6-4-5-7-9/h10-11H2,1-9H3,(H,21,22);4-9H,3H2,1-2H3. The highest BCUT2D eigenvalue weighted by atomic mass is 16.4. The van der Waals surface area contributed by atoms with Crippen LogP contribution in [-0.2, 0) is 4.79 Å². The van der Waals surface area contributed by atoms with Gasteiger partial charge in [0.15, 0.2) is 0 Å². The van der Waals surface area contributed by atoms with Crippen LogP contribution in [-0.4, -0.2) is 28.2 Å². The Kier molecular flexibility index (Phi) is 8.67. The summed E-state index contributed by atoms with van der Waals surface area (Å²) in [5.74, 6) is 0.571. The molecule has 0 saturated carbocycles. The van der Waals surface area contributed by atoms with E-state index in [1.54, 1.807) is 0 Å². The first-order chi connectivity index (χ1) is 14.1. The normalized spacial score (nSPS) is 19.6. The number of allylic oxidation sites excluding steroid dienone is 4. The fourth-order valence-electron chi connectivity index (χ4n) is 3.59. The average Bonchev–Trinajstić information content (AvgIpc) is 3.36. The van der Waals surface area contributed by atoms with Gasteiger partial charge in [0.05, 0.1) is 11.4 Å². The highest BCUT2D eigenvalue weighted by Crippen LogP contribution is 2.45. The summed E-state index contributed by atoms with van der Waals surface area (Å²) in [4.78, 5) is 21.6. The summed E-state index contributed by atoms with van der Waals surface area (Å²) < 4.78 is 0. The van der Waals surface area contributed by atoms with Crippen LogP contribution in [0.4, 0.5) is 0 Å². The number of hydrogen-bond donors (Lipinski definition) is 1. The Hall–Kier alpha value is -1.71. The fourth-order valence-corrected chi connectivity index (χ4v) is 3.59. The molecule has 1 aliphatic carbocycles. The zero-order chi connectivity index (χ0) is 24.3. The van der Waals surface area contributed by atoms with Crippen LogP contribution >= 0.6 is 0 Å². The molecule has 1 heterocycles. The lowest BCUT2D eigenvalue weighted by Crippen LogP contribution is -2.46. The van der Waals surface area contributed by atoms with E-state index in [0.29, 0.717) is 0 Å². The summed E-state index contributed by atoms with van der Waals surface area (Å²) in [5.41, 5.74) is -0.657. The van der Waals surface area contributed by atoms with Crippen molar-refractivity contribution in [2.75, 3.05) is 0 Å². The molecule has 0 fully saturated rings. The van der Waals surface area contributed by atoms with E-state index in [4.69, 9.17) is 9.98 Å². The minimum Gasteiger partial charge on any atom is -0.478 e. The maximum atomic E-state index is 12.1. The SMILES string of the molecule is CCC(C)(C)C1=NC(C(=O)O)(C(C)(C)C)N=C1C(C)(C)CC.CCC(C)C1C=CC=C1. The van der Waals surface area contributed by atoms with Crippen LogP contribution in [0.1, 0.15) is 95.4 Å². The van der Waals surface area contributed by atoms with E-state index in [-0.39, 0.29) is 10.8 Å². The van der Waals surface area contributed by atoms with Crippen molar-refractivity contribution in [3.63, 3.8) is 0 Å². The van der Waals surface area contributed by atoms with E-state index in [1.165, 1.54) is 6.42 Å². The summed E-state index contributed by atoms with van der Waals surface area (Å²) in [5, 5.41) is 9.90. The summed E-state index contributed by atoms with van der Waals surface area (Å²) in [7, 11) is 0. The lowest BCUT2D eigenvalue weighted by Gasteiger charge is -2.32. The van der Waals surface area contributed by atoms with Gasteiger partial charge in [-0.1, -0.05) is 107 Å². The van der Waals surface area contributed by atoms with Crippen LogP contribution in [0.25, 0.3) is 0 Å². The van der Waals surface area contributed by atoms with Gasteiger partial charge in [-0.15, -0.1) is 0 Å². The molecule has 2 aliphatic rings. The molecule has 0 radical (unpaired) electrons. The number of nitrogens with zero attached hydrogens (tertiary/aromatic N) is 2. The first-order valence-electron chi connectivity index (χ1n) is 11.9. The molecule has 0 amide bonds. The minimum absolute atomic E-state index is 0.187. The summed E-state index contributed by atoms with van der Waals surface area (Å²) in [6.07, 6.45) is 11.9. The molecule has 0 spiro atoms. The van der Waals surface area contributed by atoms with Crippen LogP contribution < -0.4 is 0 Å². The Morgan fingerprint density at radius 3 is 1.58 bits per heavy atom. The number of aliphatic imine (C=N–C) groups is 2. The molecular formula is C27H46N2O2. The number of carboxylic acid groups (broad SMARTS) is 1. The van der Waals surface area contributed by atoms with E-state index in [9.17, 15) is 9.90 Å². The molecular weight excluding hydrogens is 384 g/mol. The van der Waals surface area contributed by atoms with Crippen LogP contribution in [0.5, 0.6) is 0 Å². The Morgan fingerprint density at radius 2 is 1.32 bits per heavy atom. The van der Waals surface area contributed by atoms with Gasteiger partial charge in [0, 0.05) is 16.2 Å². The molecule has 0 bridgehead atoms. The Labute approximate surface area is 191 Å². The zero-order valence-corrected chi connectivity index (χ0v) is 21.8. The second-order valence-electron chi connectivity index (χ2n) is 11.4. The second kappa shape index (κ2) is 9.83. The molecule has 0 saturated heterocycles. The summed E-state index contributed by atoms with van der Waals surface area (Å²) >= 11 is 0. The van der Waals surface area contributed by atoms with Crippen molar-refractivity contribution in [1.82, 2.24) is 0 Å². The van der Waals surface area contributed by atoms with Crippen molar-refractivity contribution in [2.24, 2.45) is 38.1 Å². The largest absolute Gasteiger partial charge is 0.478 e. The lowest BCUT2D eigenvalue weighted by molar-refractivity contribution is -0.146. The third-order valence-corrected chi connectivity index (χ3v) is 7.24. The molecule has 1 atom stereocenters. The lowest BCUT2D eigenvalue weighted by atomic mass is 9.73. The molecule has 4 nitrogen and oxygen atoms in total. The van der Waals surface area contributed by atoms with Crippen molar-refractivity contribution >= 4 is 17.4 Å². The monoisotopic (exact) mass is 430 g/mol. The third-order valence-electron chi connectivity index (χ3n) is 7.24. The maximum Gasteiger partial charge on any atom is 0.354 e. The highest BCUT2D eigenvalue weighted by Gasteiger charge is 2.55. The van der Waals surface area contributed by atoms with Crippen LogP contribution in [0.3, 0.4) is 0 Å². The molecule has 4 heteroatoms. The van der Waals surface area contributed by atoms with Crippen molar-refractivity contribution in [2.45, 2.75) is 101 Å². The smallest absolute Gasteiger partial charge is 0.354 e. The van der Waals surface area contributed by atoms with Gasteiger partial charge in [0.1, 0.15) is 0 Å². The minimum atomic E-state index is -1.42. The quantitative estimate of drug-likeness (QED) is 0.458. The highest BCUT2D eigenvalue weighted by molar-refractivity contribution is 6.47. The Morgan fingerprint density at radius 1 is 0.935 bits per heavy atom. The molecule has 176 valence electrons. The van der Waals surface area contributed by atoms with Gasteiger partial charge in [-0.2, -0.15) is 0 Å². The van der Waals surface area contributed by atoms with Gasteiger partial charge in [-0.3, -0.25) is 0 Å². The van der Waals surface area contributed by atoms with Gasteiger partial charge in [-0.25, -0.2) is 14.8 Å². The fraction of sp³-hybridized carbons (Fsp3) is 0.741. The molecule has 0 aromatic heterocycles. The topological polar surface area (TPSA) is 62.0 Å². The summed E-state index contributed by atoms with van der Waals surface area (Å²) in [6, 6.07) is 0. The number of rotatable bonds is 7. The number of aliphatic carboxylic acids is 1. The molecule has 0 aromatic rings.